The predicted octanol–water partition coefficient (Wildman–Crippen LogP) is 2.08. The minimum absolute atomic E-state index is 0.193. The third kappa shape index (κ3) is 5.57. The Bertz CT molecular complexity index is 552. The molecule has 1 rings (SSSR count). The molecule has 1 aliphatic carbocycles. The lowest BCUT2D eigenvalue weighted by molar-refractivity contribution is -0.210. The van der Waals surface area contributed by atoms with E-state index in [0.717, 1.165) is 0 Å². The van der Waals surface area contributed by atoms with Gasteiger partial charge in [0.2, 0.25) is 0 Å². The summed E-state index contributed by atoms with van der Waals surface area (Å²) in [5.41, 5.74) is -0.758. The SMILES string of the molecule is CCC(O)(CC)CC1CCC(C(=O)OC(O)C(F)(F)S(=O)(=O)O)CC1. The Balaban J connectivity index is 2.56. The first-order valence-electron chi connectivity index (χ1n) is 8.32. The van der Waals surface area contributed by atoms with Gasteiger partial charge in [-0.2, -0.15) is 17.2 Å². The maximum absolute atomic E-state index is 13.2. The molecule has 1 atom stereocenters. The van der Waals surface area contributed by atoms with Gasteiger partial charge in [-0.25, -0.2) is 0 Å². The topological polar surface area (TPSA) is 121 Å². The fourth-order valence-electron chi connectivity index (χ4n) is 3.08. The van der Waals surface area contributed by atoms with Crippen LogP contribution in [0.4, 0.5) is 8.78 Å². The first kappa shape index (κ1) is 22.2. The van der Waals surface area contributed by atoms with E-state index in [1.54, 1.807) is 0 Å². The van der Waals surface area contributed by atoms with E-state index in [2.05, 4.69) is 4.74 Å². The van der Waals surface area contributed by atoms with Crippen LogP contribution in [0.15, 0.2) is 0 Å². The Hall–Kier alpha value is -0.840. The second kappa shape index (κ2) is 8.24. The summed E-state index contributed by atoms with van der Waals surface area (Å²) in [6.07, 6.45) is 0.391. The fraction of sp³-hybridized carbons (Fsp3) is 0.933. The van der Waals surface area contributed by atoms with Crippen LogP contribution in [0, 0.1) is 11.8 Å². The van der Waals surface area contributed by atoms with Gasteiger partial charge in [0.05, 0.1) is 11.5 Å². The first-order valence-corrected chi connectivity index (χ1v) is 9.76. The van der Waals surface area contributed by atoms with Crippen molar-refractivity contribution in [2.75, 3.05) is 0 Å². The summed E-state index contributed by atoms with van der Waals surface area (Å²) in [6.45, 7) is 3.78. The van der Waals surface area contributed by atoms with E-state index in [4.69, 9.17) is 9.66 Å². The molecule has 0 aliphatic heterocycles. The number of carbonyl (C=O) groups excluding carboxylic acids is 1. The van der Waals surface area contributed by atoms with Crippen molar-refractivity contribution in [2.24, 2.45) is 11.8 Å². The van der Waals surface area contributed by atoms with Crippen molar-refractivity contribution >= 4 is 16.1 Å². The van der Waals surface area contributed by atoms with Gasteiger partial charge in [-0.15, -0.1) is 0 Å². The normalized spacial score (nSPS) is 24.0. The summed E-state index contributed by atoms with van der Waals surface area (Å²) in [4.78, 5) is 11.8. The van der Waals surface area contributed by atoms with E-state index in [1.165, 1.54) is 0 Å². The summed E-state index contributed by atoms with van der Waals surface area (Å²) in [6, 6.07) is 0. The van der Waals surface area contributed by atoms with Crippen LogP contribution >= 0.6 is 0 Å². The summed E-state index contributed by atoms with van der Waals surface area (Å²) in [5.74, 6) is -1.67. The van der Waals surface area contributed by atoms with E-state index in [9.17, 15) is 27.1 Å². The molecule has 1 unspecified atom stereocenters. The van der Waals surface area contributed by atoms with Crippen molar-refractivity contribution in [1.29, 1.82) is 0 Å². The van der Waals surface area contributed by atoms with Gasteiger partial charge in [-0.05, 0) is 50.9 Å². The van der Waals surface area contributed by atoms with Crippen LogP contribution in [0.25, 0.3) is 0 Å². The van der Waals surface area contributed by atoms with Gasteiger partial charge < -0.3 is 14.9 Å². The van der Waals surface area contributed by atoms with Gasteiger partial charge in [0.25, 0.3) is 6.29 Å². The molecule has 0 amide bonds. The minimum atomic E-state index is -5.90. The number of rotatable bonds is 8. The summed E-state index contributed by atoms with van der Waals surface area (Å²) >= 11 is 0. The fourth-order valence-corrected chi connectivity index (χ4v) is 3.38. The maximum Gasteiger partial charge on any atom is 0.430 e. The van der Waals surface area contributed by atoms with Gasteiger partial charge >= 0.3 is 21.3 Å². The monoisotopic (exact) mass is 388 g/mol. The number of esters is 1. The number of halogens is 2. The molecule has 25 heavy (non-hydrogen) atoms. The lowest BCUT2D eigenvalue weighted by Crippen LogP contribution is -2.44. The molecule has 7 nitrogen and oxygen atoms in total. The van der Waals surface area contributed by atoms with E-state index < -0.39 is 39.2 Å². The molecule has 0 saturated heterocycles. The molecule has 0 spiro atoms. The molecule has 0 aromatic rings. The lowest BCUT2D eigenvalue weighted by atomic mass is 9.75. The molecule has 0 bridgehead atoms. The molecule has 1 saturated carbocycles. The maximum atomic E-state index is 13.2. The smallest absolute Gasteiger partial charge is 0.428 e. The third-order valence-electron chi connectivity index (χ3n) is 5.02. The molecule has 0 radical (unpaired) electrons. The lowest BCUT2D eigenvalue weighted by Gasteiger charge is -2.34. The zero-order valence-corrected chi connectivity index (χ0v) is 15.1. The highest BCUT2D eigenvalue weighted by Gasteiger charge is 2.54. The minimum Gasteiger partial charge on any atom is -0.428 e. The first-order chi connectivity index (χ1) is 11.4. The molecule has 0 aromatic heterocycles. The van der Waals surface area contributed by atoms with Gasteiger partial charge in [0.15, 0.2) is 0 Å². The molecular weight excluding hydrogens is 362 g/mol. The highest BCUT2D eigenvalue weighted by Crippen LogP contribution is 2.37. The molecule has 0 heterocycles. The van der Waals surface area contributed by atoms with Gasteiger partial charge in [-0.1, -0.05) is 13.8 Å². The summed E-state index contributed by atoms with van der Waals surface area (Å²) < 4.78 is 59.9. The van der Waals surface area contributed by atoms with E-state index in [1.807, 2.05) is 13.8 Å². The van der Waals surface area contributed by atoms with Crippen LogP contribution < -0.4 is 0 Å². The average Bonchev–Trinajstić information content (AvgIpc) is 2.54. The quantitative estimate of drug-likeness (QED) is 0.331. The number of ether oxygens (including phenoxy) is 1. The Kier molecular flexibility index (Phi) is 7.31. The van der Waals surface area contributed by atoms with Gasteiger partial charge in [0.1, 0.15) is 0 Å². The largest absolute Gasteiger partial charge is 0.430 e. The van der Waals surface area contributed by atoms with Crippen LogP contribution in [0.3, 0.4) is 0 Å². The van der Waals surface area contributed by atoms with Crippen molar-refractivity contribution in [2.45, 2.75) is 75.9 Å². The number of aliphatic hydroxyl groups is 2. The zero-order chi connectivity index (χ0) is 19.5. The highest BCUT2D eigenvalue weighted by molar-refractivity contribution is 7.86. The number of alkyl halides is 2. The summed E-state index contributed by atoms with van der Waals surface area (Å²) in [7, 11) is -5.90. The highest BCUT2D eigenvalue weighted by atomic mass is 32.2. The molecule has 10 heteroatoms. The van der Waals surface area contributed by atoms with Crippen LogP contribution in [-0.2, 0) is 19.6 Å². The third-order valence-corrected chi connectivity index (χ3v) is 5.91. The molecule has 0 aromatic carbocycles. The van der Waals surface area contributed by atoms with Gasteiger partial charge in [0, 0.05) is 0 Å². The van der Waals surface area contributed by atoms with E-state index in [-0.39, 0.29) is 5.92 Å². The molecule has 148 valence electrons. The number of carbonyl (C=O) groups is 1. The molecule has 1 aliphatic rings. The number of hydrogen-bond donors (Lipinski definition) is 3. The zero-order valence-electron chi connectivity index (χ0n) is 14.3. The second-order valence-electron chi connectivity index (χ2n) is 6.68. The Morgan fingerprint density at radius 2 is 1.68 bits per heavy atom. The standard InChI is InChI=1S/C15H26F2O7S/c1-3-14(20,4-2)9-10-5-7-11(8-6-10)12(18)24-13(19)15(16,17)25(21,22)23/h10-11,13,19-20H,3-9H2,1-2H3,(H,21,22,23). The van der Waals surface area contributed by atoms with Crippen LogP contribution in [-0.4, -0.2) is 46.3 Å². The van der Waals surface area contributed by atoms with Crippen LogP contribution in [0.2, 0.25) is 0 Å². The van der Waals surface area contributed by atoms with E-state index in [0.29, 0.717) is 44.9 Å². The number of aliphatic hydroxyl groups excluding tert-OH is 1. The van der Waals surface area contributed by atoms with E-state index >= 15 is 0 Å². The second-order valence-corrected chi connectivity index (χ2v) is 8.17. The van der Waals surface area contributed by atoms with Crippen LogP contribution in [0.1, 0.15) is 58.8 Å². The van der Waals surface area contributed by atoms with Crippen molar-refractivity contribution < 1.29 is 41.5 Å². The van der Waals surface area contributed by atoms with Gasteiger partial charge in [-0.3, -0.25) is 9.35 Å². The average molecular weight is 388 g/mol. The molecular formula is C15H26F2O7S. The predicted molar refractivity (Wildman–Crippen MR) is 84.2 cm³/mol. The van der Waals surface area contributed by atoms with Crippen molar-refractivity contribution in [1.82, 2.24) is 0 Å². The number of hydrogen-bond acceptors (Lipinski definition) is 6. The Labute approximate surface area is 146 Å². The van der Waals surface area contributed by atoms with Crippen molar-refractivity contribution in [3.8, 4) is 0 Å². The Morgan fingerprint density at radius 3 is 2.08 bits per heavy atom. The Morgan fingerprint density at radius 1 is 1.20 bits per heavy atom. The summed E-state index contributed by atoms with van der Waals surface area (Å²) in [5, 5.41) is 14.5. The molecule has 3 N–H and O–H groups in total. The van der Waals surface area contributed by atoms with Crippen molar-refractivity contribution in [3.63, 3.8) is 0 Å². The molecule has 1 fully saturated rings. The van der Waals surface area contributed by atoms with Crippen LogP contribution in [0.5, 0.6) is 0 Å². The van der Waals surface area contributed by atoms with Crippen molar-refractivity contribution in [3.05, 3.63) is 0 Å².